The molecule has 1 unspecified atom stereocenters. The summed E-state index contributed by atoms with van der Waals surface area (Å²) in [7, 11) is 0. The molecule has 0 radical (unpaired) electrons. The standard InChI is InChI=1S/C22H25N5O3/c1-4-30-18-8-5-16(6-9-18)21(28)26-20(15(2)3)22(29)25-17-7-10-19(24-13-17)27-12-11-23-14-27/h5-15,20H,4H2,1-3H3,(H,25,29)(H,26,28). The second-order valence-corrected chi connectivity index (χ2v) is 7.02. The Labute approximate surface area is 175 Å². The molecule has 3 aromatic rings. The first-order chi connectivity index (χ1) is 14.5. The van der Waals surface area contributed by atoms with Crippen LogP contribution in [0.1, 0.15) is 31.1 Å². The van der Waals surface area contributed by atoms with E-state index in [1.54, 1.807) is 65.9 Å². The fourth-order valence-corrected chi connectivity index (χ4v) is 2.86. The first-order valence-corrected chi connectivity index (χ1v) is 9.77. The summed E-state index contributed by atoms with van der Waals surface area (Å²) in [5, 5.41) is 5.63. The molecule has 0 aliphatic rings. The number of aromatic nitrogens is 3. The van der Waals surface area contributed by atoms with Crippen molar-refractivity contribution >= 4 is 17.5 Å². The summed E-state index contributed by atoms with van der Waals surface area (Å²) in [6.45, 7) is 6.21. The lowest BCUT2D eigenvalue weighted by Crippen LogP contribution is -2.47. The smallest absolute Gasteiger partial charge is 0.251 e. The zero-order valence-corrected chi connectivity index (χ0v) is 17.2. The van der Waals surface area contributed by atoms with Gasteiger partial charge in [0.1, 0.15) is 23.9 Å². The number of imidazole rings is 1. The van der Waals surface area contributed by atoms with E-state index < -0.39 is 6.04 Å². The highest BCUT2D eigenvalue weighted by Crippen LogP contribution is 2.14. The number of nitrogens with zero attached hydrogens (tertiary/aromatic N) is 3. The number of ether oxygens (including phenoxy) is 1. The van der Waals surface area contributed by atoms with Crippen molar-refractivity contribution < 1.29 is 14.3 Å². The molecule has 30 heavy (non-hydrogen) atoms. The van der Waals surface area contributed by atoms with Gasteiger partial charge in [-0.1, -0.05) is 13.8 Å². The number of anilines is 1. The fraction of sp³-hybridized carbons (Fsp3) is 0.273. The number of rotatable bonds is 8. The van der Waals surface area contributed by atoms with Crippen molar-refractivity contribution in [2.24, 2.45) is 5.92 Å². The van der Waals surface area contributed by atoms with E-state index in [0.29, 0.717) is 29.4 Å². The van der Waals surface area contributed by atoms with Crippen LogP contribution in [0.2, 0.25) is 0 Å². The summed E-state index contributed by atoms with van der Waals surface area (Å²) in [6, 6.07) is 9.65. The van der Waals surface area contributed by atoms with E-state index in [2.05, 4.69) is 20.6 Å². The summed E-state index contributed by atoms with van der Waals surface area (Å²) >= 11 is 0. The zero-order chi connectivity index (χ0) is 21.5. The van der Waals surface area contributed by atoms with Crippen molar-refractivity contribution in [1.29, 1.82) is 0 Å². The van der Waals surface area contributed by atoms with E-state index in [1.165, 1.54) is 0 Å². The molecule has 0 spiro atoms. The lowest BCUT2D eigenvalue weighted by atomic mass is 10.0. The Morgan fingerprint density at radius 1 is 1.13 bits per heavy atom. The minimum Gasteiger partial charge on any atom is -0.494 e. The maximum atomic E-state index is 12.8. The first-order valence-electron chi connectivity index (χ1n) is 9.77. The number of pyridine rings is 1. The molecule has 2 N–H and O–H groups in total. The summed E-state index contributed by atoms with van der Waals surface area (Å²) in [6.07, 6.45) is 6.66. The topological polar surface area (TPSA) is 98.1 Å². The number of hydrogen-bond donors (Lipinski definition) is 2. The van der Waals surface area contributed by atoms with Gasteiger partial charge in [-0.3, -0.25) is 14.2 Å². The molecule has 0 saturated heterocycles. The van der Waals surface area contributed by atoms with Crippen LogP contribution < -0.4 is 15.4 Å². The van der Waals surface area contributed by atoms with Gasteiger partial charge >= 0.3 is 0 Å². The molecule has 0 bridgehead atoms. The molecule has 8 heteroatoms. The largest absolute Gasteiger partial charge is 0.494 e. The maximum Gasteiger partial charge on any atom is 0.251 e. The Morgan fingerprint density at radius 3 is 2.47 bits per heavy atom. The van der Waals surface area contributed by atoms with E-state index in [4.69, 9.17) is 4.74 Å². The highest BCUT2D eigenvalue weighted by atomic mass is 16.5. The van der Waals surface area contributed by atoms with Crippen LogP contribution in [-0.2, 0) is 4.79 Å². The van der Waals surface area contributed by atoms with Crippen molar-refractivity contribution in [3.8, 4) is 11.6 Å². The Bertz CT molecular complexity index is 967. The molecular formula is C22H25N5O3. The summed E-state index contributed by atoms with van der Waals surface area (Å²) in [4.78, 5) is 33.7. The van der Waals surface area contributed by atoms with Gasteiger partial charge < -0.3 is 15.4 Å². The third-order valence-corrected chi connectivity index (χ3v) is 4.45. The number of benzene rings is 1. The quantitative estimate of drug-likeness (QED) is 0.598. The Hall–Kier alpha value is -3.68. The number of carbonyl (C=O) groups is 2. The van der Waals surface area contributed by atoms with Crippen LogP contribution in [0.25, 0.3) is 5.82 Å². The molecular weight excluding hydrogens is 382 g/mol. The van der Waals surface area contributed by atoms with Crippen LogP contribution in [-0.4, -0.2) is 39.0 Å². The van der Waals surface area contributed by atoms with Crippen molar-refractivity contribution in [2.45, 2.75) is 26.8 Å². The van der Waals surface area contributed by atoms with Crippen LogP contribution in [0.5, 0.6) is 5.75 Å². The van der Waals surface area contributed by atoms with Gasteiger partial charge in [-0.15, -0.1) is 0 Å². The van der Waals surface area contributed by atoms with E-state index in [-0.39, 0.29) is 17.7 Å². The summed E-state index contributed by atoms with van der Waals surface area (Å²) < 4.78 is 7.15. The zero-order valence-electron chi connectivity index (χ0n) is 17.2. The van der Waals surface area contributed by atoms with Gasteiger partial charge in [0.05, 0.1) is 18.5 Å². The van der Waals surface area contributed by atoms with Gasteiger partial charge in [-0.25, -0.2) is 9.97 Å². The second-order valence-electron chi connectivity index (χ2n) is 7.02. The third kappa shape index (κ3) is 5.22. The predicted octanol–water partition coefficient (Wildman–Crippen LogP) is 3.06. The highest BCUT2D eigenvalue weighted by Gasteiger charge is 2.25. The molecule has 156 valence electrons. The van der Waals surface area contributed by atoms with Gasteiger partial charge in [0.25, 0.3) is 5.91 Å². The number of amides is 2. The molecule has 2 amide bonds. The lowest BCUT2D eigenvalue weighted by Gasteiger charge is -2.22. The molecule has 0 fully saturated rings. The number of carbonyl (C=O) groups excluding carboxylic acids is 2. The molecule has 1 atom stereocenters. The average Bonchev–Trinajstić information content (AvgIpc) is 3.28. The minimum atomic E-state index is -0.697. The predicted molar refractivity (Wildman–Crippen MR) is 114 cm³/mol. The van der Waals surface area contributed by atoms with Crippen molar-refractivity contribution in [2.75, 3.05) is 11.9 Å². The maximum absolute atomic E-state index is 12.8. The molecule has 0 saturated carbocycles. The van der Waals surface area contributed by atoms with E-state index in [9.17, 15) is 9.59 Å². The van der Waals surface area contributed by atoms with Crippen LogP contribution in [0, 0.1) is 5.92 Å². The fourth-order valence-electron chi connectivity index (χ4n) is 2.86. The van der Waals surface area contributed by atoms with Crippen molar-refractivity contribution in [1.82, 2.24) is 19.9 Å². The van der Waals surface area contributed by atoms with E-state index in [0.717, 1.165) is 0 Å². The summed E-state index contributed by atoms with van der Waals surface area (Å²) in [5.41, 5.74) is 1.01. The van der Waals surface area contributed by atoms with Crippen LogP contribution in [0.15, 0.2) is 61.3 Å². The minimum absolute atomic E-state index is 0.102. The number of hydrogen-bond acceptors (Lipinski definition) is 5. The Balaban J connectivity index is 1.65. The van der Waals surface area contributed by atoms with Gasteiger partial charge in [0, 0.05) is 18.0 Å². The Morgan fingerprint density at radius 2 is 1.90 bits per heavy atom. The van der Waals surface area contributed by atoms with Crippen LogP contribution in [0.3, 0.4) is 0 Å². The molecule has 1 aromatic carbocycles. The molecule has 8 nitrogen and oxygen atoms in total. The van der Waals surface area contributed by atoms with Gasteiger partial charge in [-0.2, -0.15) is 0 Å². The van der Waals surface area contributed by atoms with Gasteiger partial charge in [-0.05, 0) is 49.2 Å². The second kappa shape index (κ2) is 9.69. The average molecular weight is 407 g/mol. The van der Waals surface area contributed by atoms with Gasteiger partial charge in [0.2, 0.25) is 5.91 Å². The molecule has 3 rings (SSSR count). The monoisotopic (exact) mass is 407 g/mol. The SMILES string of the molecule is CCOc1ccc(C(=O)NC(C(=O)Nc2ccc(-n3ccnc3)nc2)C(C)C)cc1. The van der Waals surface area contributed by atoms with E-state index in [1.807, 2.05) is 20.8 Å². The third-order valence-electron chi connectivity index (χ3n) is 4.45. The lowest BCUT2D eigenvalue weighted by molar-refractivity contribution is -0.118. The van der Waals surface area contributed by atoms with E-state index >= 15 is 0 Å². The highest BCUT2D eigenvalue weighted by molar-refractivity contribution is 6.01. The molecule has 2 heterocycles. The number of nitrogens with one attached hydrogen (secondary N) is 2. The summed E-state index contributed by atoms with van der Waals surface area (Å²) in [5.74, 6) is 0.658. The normalized spacial score (nSPS) is 11.7. The molecule has 0 aliphatic heterocycles. The molecule has 0 aliphatic carbocycles. The van der Waals surface area contributed by atoms with Gasteiger partial charge in [0.15, 0.2) is 0 Å². The Kier molecular flexibility index (Phi) is 6.79. The first kappa shape index (κ1) is 21.0. The van der Waals surface area contributed by atoms with Crippen LogP contribution in [0.4, 0.5) is 5.69 Å². The van der Waals surface area contributed by atoms with Crippen molar-refractivity contribution in [3.63, 3.8) is 0 Å². The molecule has 2 aromatic heterocycles. The van der Waals surface area contributed by atoms with Crippen LogP contribution >= 0.6 is 0 Å². The van der Waals surface area contributed by atoms with Crippen molar-refractivity contribution in [3.05, 3.63) is 66.9 Å².